The SMILES string of the molecule is CC(C)OC(=O)N1CCC([C@H]2C[C@H]2CCOc2cc(F)c(S(C)(=O)=O)c(F)c2)CC1. The summed E-state index contributed by atoms with van der Waals surface area (Å²) in [5.41, 5.74) is 0. The maximum Gasteiger partial charge on any atom is 0.410 e. The van der Waals surface area contributed by atoms with Crippen LogP contribution in [0.15, 0.2) is 17.0 Å². The quantitative estimate of drug-likeness (QED) is 0.634. The molecule has 0 bridgehead atoms. The number of carbonyl (C=O) groups is 1. The Morgan fingerprint density at radius 1 is 1.20 bits per heavy atom. The minimum Gasteiger partial charge on any atom is -0.493 e. The number of nitrogens with zero attached hydrogens (tertiary/aromatic N) is 1. The van der Waals surface area contributed by atoms with E-state index in [1.165, 1.54) is 0 Å². The molecule has 1 heterocycles. The smallest absolute Gasteiger partial charge is 0.410 e. The summed E-state index contributed by atoms with van der Waals surface area (Å²) in [7, 11) is -3.98. The van der Waals surface area contributed by atoms with Crippen molar-refractivity contribution in [3.8, 4) is 5.75 Å². The number of hydrogen-bond acceptors (Lipinski definition) is 5. The highest BCUT2D eigenvalue weighted by Gasteiger charge is 2.43. The van der Waals surface area contributed by atoms with Crippen LogP contribution in [0.1, 0.15) is 39.5 Å². The summed E-state index contributed by atoms with van der Waals surface area (Å²) in [6.07, 6.45) is 4.19. The summed E-state index contributed by atoms with van der Waals surface area (Å²) >= 11 is 0. The maximum atomic E-state index is 13.9. The van der Waals surface area contributed by atoms with E-state index < -0.39 is 26.4 Å². The highest BCUT2D eigenvalue weighted by atomic mass is 32.2. The number of piperidine rings is 1. The number of amides is 1. The van der Waals surface area contributed by atoms with E-state index in [-0.39, 0.29) is 17.9 Å². The lowest BCUT2D eigenvalue weighted by atomic mass is 9.91. The van der Waals surface area contributed by atoms with Gasteiger partial charge < -0.3 is 14.4 Å². The number of sulfone groups is 1. The third-order valence-corrected chi connectivity index (χ3v) is 6.95. The first kappa shape index (κ1) is 22.8. The zero-order chi connectivity index (χ0) is 22.1. The second-order valence-electron chi connectivity index (χ2n) is 8.54. The number of benzene rings is 1. The van der Waals surface area contributed by atoms with Gasteiger partial charge in [0.25, 0.3) is 0 Å². The number of carbonyl (C=O) groups excluding carboxylic acids is 1. The molecule has 168 valence electrons. The first-order chi connectivity index (χ1) is 14.1. The summed E-state index contributed by atoms with van der Waals surface area (Å²) in [6.45, 7) is 5.41. The molecule has 2 fully saturated rings. The van der Waals surface area contributed by atoms with E-state index in [4.69, 9.17) is 9.47 Å². The molecular weight excluding hydrogens is 416 g/mol. The second kappa shape index (κ2) is 9.08. The molecule has 0 N–H and O–H groups in total. The molecule has 2 atom stereocenters. The van der Waals surface area contributed by atoms with Crippen LogP contribution in [-0.4, -0.2) is 51.5 Å². The van der Waals surface area contributed by atoms with Crippen molar-refractivity contribution >= 4 is 15.9 Å². The average Bonchev–Trinajstić information content (AvgIpc) is 3.39. The van der Waals surface area contributed by atoms with Gasteiger partial charge in [-0.05, 0) is 57.3 Å². The Kier molecular flexibility index (Phi) is 6.89. The van der Waals surface area contributed by atoms with E-state index in [1.807, 2.05) is 13.8 Å². The van der Waals surface area contributed by atoms with Gasteiger partial charge in [-0.15, -0.1) is 0 Å². The van der Waals surface area contributed by atoms with Crippen molar-refractivity contribution in [3.63, 3.8) is 0 Å². The molecule has 1 amide bonds. The van der Waals surface area contributed by atoms with Gasteiger partial charge in [-0.25, -0.2) is 22.0 Å². The Hall–Kier alpha value is -1.90. The third kappa shape index (κ3) is 5.62. The number of halogens is 2. The fourth-order valence-electron chi connectivity index (χ4n) is 4.27. The molecule has 6 nitrogen and oxygen atoms in total. The minimum absolute atomic E-state index is 0.00780. The minimum atomic E-state index is -3.98. The van der Waals surface area contributed by atoms with Crippen molar-refractivity contribution in [2.45, 2.75) is 50.5 Å². The topological polar surface area (TPSA) is 72.9 Å². The molecule has 3 rings (SSSR count). The van der Waals surface area contributed by atoms with Crippen LogP contribution in [0.2, 0.25) is 0 Å². The summed E-state index contributed by atoms with van der Waals surface area (Å²) in [4.78, 5) is 12.8. The van der Waals surface area contributed by atoms with Gasteiger partial charge in [0.2, 0.25) is 0 Å². The molecule has 0 aromatic heterocycles. The predicted molar refractivity (Wildman–Crippen MR) is 107 cm³/mol. The zero-order valence-electron chi connectivity index (χ0n) is 17.6. The molecule has 1 saturated carbocycles. The van der Waals surface area contributed by atoms with Gasteiger partial charge in [0, 0.05) is 31.5 Å². The van der Waals surface area contributed by atoms with E-state index in [2.05, 4.69) is 0 Å². The summed E-state index contributed by atoms with van der Waals surface area (Å²) < 4.78 is 61.4. The molecule has 1 aromatic carbocycles. The molecule has 0 radical (unpaired) electrons. The Morgan fingerprint density at radius 2 is 1.80 bits per heavy atom. The molecule has 1 aromatic rings. The standard InChI is InChI=1S/C21H29F2NO5S/c1-13(2)29-21(25)24-7-4-14(5-8-24)17-10-15(17)6-9-28-16-11-18(22)20(19(23)12-16)30(3,26)27/h11-15,17H,4-10H2,1-3H3/t15-,17-/m1/s1. The van der Waals surface area contributed by atoms with Gasteiger partial charge in [-0.2, -0.15) is 0 Å². The van der Waals surface area contributed by atoms with Crippen molar-refractivity contribution in [2.75, 3.05) is 26.0 Å². The highest BCUT2D eigenvalue weighted by Crippen LogP contribution is 2.49. The molecular formula is C21H29F2NO5S. The lowest BCUT2D eigenvalue weighted by Crippen LogP contribution is -2.40. The van der Waals surface area contributed by atoms with Crippen LogP contribution < -0.4 is 4.74 Å². The molecule has 0 spiro atoms. The number of likely N-dealkylation sites (tertiary alicyclic amines) is 1. The monoisotopic (exact) mass is 445 g/mol. The van der Waals surface area contributed by atoms with E-state index in [1.54, 1.807) is 4.90 Å². The van der Waals surface area contributed by atoms with Gasteiger partial charge in [0.15, 0.2) is 9.84 Å². The van der Waals surface area contributed by atoms with Crippen molar-refractivity contribution in [1.82, 2.24) is 4.90 Å². The van der Waals surface area contributed by atoms with Gasteiger partial charge >= 0.3 is 6.09 Å². The number of ether oxygens (including phenoxy) is 2. The van der Waals surface area contributed by atoms with Crippen molar-refractivity contribution < 1.29 is 31.5 Å². The Labute approximate surface area is 176 Å². The normalized spacial score (nSPS) is 22.3. The van der Waals surface area contributed by atoms with Crippen LogP contribution in [0.5, 0.6) is 5.75 Å². The Morgan fingerprint density at radius 3 is 2.33 bits per heavy atom. The molecule has 1 saturated heterocycles. The van der Waals surface area contributed by atoms with Crippen LogP contribution in [0, 0.1) is 29.4 Å². The molecule has 2 aliphatic rings. The van der Waals surface area contributed by atoms with Gasteiger partial charge in [-0.1, -0.05) is 0 Å². The summed E-state index contributed by atoms with van der Waals surface area (Å²) in [5.74, 6) is -0.611. The molecule has 0 unspecified atom stereocenters. The van der Waals surface area contributed by atoms with Crippen LogP contribution >= 0.6 is 0 Å². The van der Waals surface area contributed by atoms with Crippen LogP contribution in [0.25, 0.3) is 0 Å². The third-order valence-electron chi connectivity index (χ3n) is 5.82. The van der Waals surface area contributed by atoms with Crippen molar-refractivity contribution in [1.29, 1.82) is 0 Å². The zero-order valence-corrected chi connectivity index (χ0v) is 18.4. The van der Waals surface area contributed by atoms with E-state index in [9.17, 15) is 22.0 Å². The average molecular weight is 446 g/mol. The van der Waals surface area contributed by atoms with Crippen molar-refractivity contribution in [3.05, 3.63) is 23.8 Å². The van der Waals surface area contributed by atoms with Crippen molar-refractivity contribution in [2.24, 2.45) is 17.8 Å². The summed E-state index contributed by atoms with van der Waals surface area (Å²) in [5, 5.41) is 0. The Bertz CT molecular complexity index is 858. The predicted octanol–water partition coefficient (Wildman–Crippen LogP) is 4.03. The fourth-order valence-corrected chi connectivity index (χ4v) is 5.10. The van der Waals surface area contributed by atoms with Gasteiger partial charge in [0.1, 0.15) is 22.3 Å². The van der Waals surface area contributed by atoms with Crippen LogP contribution in [0.4, 0.5) is 13.6 Å². The maximum absolute atomic E-state index is 13.9. The van der Waals surface area contributed by atoms with Crippen LogP contribution in [0.3, 0.4) is 0 Å². The van der Waals surface area contributed by atoms with Crippen LogP contribution in [-0.2, 0) is 14.6 Å². The molecule has 9 heteroatoms. The lowest BCUT2D eigenvalue weighted by Gasteiger charge is -2.32. The number of rotatable bonds is 7. The largest absolute Gasteiger partial charge is 0.493 e. The molecule has 1 aliphatic heterocycles. The first-order valence-corrected chi connectivity index (χ1v) is 12.2. The number of hydrogen-bond donors (Lipinski definition) is 0. The Balaban J connectivity index is 1.42. The first-order valence-electron chi connectivity index (χ1n) is 10.3. The fraction of sp³-hybridized carbons (Fsp3) is 0.667. The molecule has 1 aliphatic carbocycles. The summed E-state index contributed by atoms with van der Waals surface area (Å²) in [6, 6.07) is 1.83. The second-order valence-corrected chi connectivity index (χ2v) is 10.5. The van der Waals surface area contributed by atoms with E-state index in [0.717, 1.165) is 44.1 Å². The highest BCUT2D eigenvalue weighted by molar-refractivity contribution is 7.90. The molecule has 30 heavy (non-hydrogen) atoms. The van der Waals surface area contributed by atoms with Gasteiger partial charge in [-0.3, -0.25) is 0 Å². The van der Waals surface area contributed by atoms with E-state index >= 15 is 0 Å². The van der Waals surface area contributed by atoms with Gasteiger partial charge in [0.05, 0.1) is 12.7 Å². The van der Waals surface area contributed by atoms with E-state index in [0.29, 0.717) is 37.5 Å². The lowest BCUT2D eigenvalue weighted by molar-refractivity contribution is 0.0633.